The summed E-state index contributed by atoms with van der Waals surface area (Å²) in [4.78, 5) is 4.18. The SMILES string of the molecule is Cc1cc(N=Nc2cc(OCCCS(=O)(=O)O)c(N=Nc3c(C)c(C#N)c4nc5ccccc5n4c3O)cc2C)c(OCCCS(=O)(=O)O)cc1N=Nc1ccc(S(=O)(=O)O)cc1. The first kappa shape index (κ1) is 45.8. The molecule has 0 atom stereocenters. The summed E-state index contributed by atoms with van der Waals surface area (Å²) < 4.78 is 109. The molecular weight excluding hydrogens is 883 g/mol. The second-order valence-corrected chi connectivity index (χ2v) is 18.4. The number of hydrogen-bond acceptors (Lipinski definition) is 17. The largest absolute Gasteiger partial charge is 0.493 e. The fourth-order valence-corrected chi connectivity index (χ4v) is 7.45. The van der Waals surface area contributed by atoms with Crippen molar-refractivity contribution in [3.8, 4) is 23.4 Å². The molecule has 0 saturated heterocycles. The number of aromatic hydroxyl groups is 1. The van der Waals surface area contributed by atoms with Crippen LogP contribution in [-0.4, -0.2) is 78.1 Å². The van der Waals surface area contributed by atoms with Crippen molar-refractivity contribution in [3.63, 3.8) is 0 Å². The first-order valence-corrected chi connectivity index (χ1v) is 23.2. The van der Waals surface area contributed by atoms with E-state index in [4.69, 9.17) is 9.47 Å². The minimum absolute atomic E-state index is 0.0292. The predicted molar refractivity (Wildman–Crippen MR) is 228 cm³/mol. The van der Waals surface area contributed by atoms with Crippen LogP contribution < -0.4 is 9.47 Å². The number of imidazole rings is 1. The Morgan fingerprint density at radius 3 is 1.71 bits per heavy atom. The number of ether oxygens (including phenoxy) is 2. The Labute approximate surface area is 360 Å². The van der Waals surface area contributed by atoms with Crippen LogP contribution in [0.5, 0.6) is 17.4 Å². The van der Waals surface area contributed by atoms with Crippen molar-refractivity contribution in [2.24, 2.45) is 30.7 Å². The van der Waals surface area contributed by atoms with Crippen LogP contribution in [0.4, 0.5) is 34.1 Å². The maximum absolute atomic E-state index is 11.4. The topological polar surface area (TPSA) is 317 Å². The molecule has 2 aromatic heterocycles. The predicted octanol–water partition coefficient (Wildman–Crippen LogP) is 8.80. The number of para-hydroxylation sites is 2. The number of aryl methyl sites for hydroxylation is 2. The lowest BCUT2D eigenvalue weighted by Crippen LogP contribution is -2.08. The van der Waals surface area contributed by atoms with E-state index in [0.29, 0.717) is 27.7 Å². The van der Waals surface area contributed by atoms with Gasteiger partial charge in [-0.25, -0.2) is 4.98 Å². The van der Waals surface area contributed by atoms with Gasteiger partial charge in [-0.05, 0) is 93.3 Å². The maximum Gasteiger partial charge on any atom is 0.294 e. The van der Waals surface area contributed by atoms with E-state index in [9.17, 15) is 49.3 Å². The van der Waals surface area contributed by atoms with E-state index in [1.54, 1.807) is 57.2 Å². The molecule has 63 heavy (non-hydrogen) atoms. The van der Waals surface area contributed by atoms with Gasteiger partial charge in [-0.1, -0.05) is 12.1 Å². The third-order valence-corrected chi connectivity index (χ3v) is 11.6. The average Bonchev–Trinajstić information content (AvgIpc) is 3.60. The lowest BCUT2D eigenvalue weighted by Gasteiger charge is -2.12. The molecule has 24 heteroatoms. The minimum atomic E-state index is -4.42. The Hall–Kier alpha value is -6.75. The highest BCUT2D eigenvalue weighted by atomic mass is 32.2. The zero-order chi connectivity index (χ0) is 45.7. The van der Waals surface area contributed by atoms with E-state index in [-0.39, 0.29) is 93.7 Å². The summed E-state index contributed by atoms with van der Waals surface area (Å²) >= 11 is 0. The number of aromatic nitrogens is 2. The van der Waals surface area contributed by atoms with Gasteiger partial charge in [0.15, 0.2) is 11.3 Å². The van der Waals surface area contributed by atoms with Crippen LogP contribution in [-0.2, 0) is 30.4 Å². The molecule has 0 aliphatic heterocycles. The summed E-state index contributed by atoms with van der Waals surface area (Å²) in [5, 5.41) is 47.3. The number of rotatable bonds is 17. The number of pyridine rings is 1. The molecule has 0 spiro atoms. The zero-order valence-electron chi connectivity index (χ0n) is 33.5. The summed E-state index contributed by atoms with van der Waals surface area (Å²) in [5.74, 6) is -1.35. The smallest absolute Gasteiger partial charge is 0.294 e. The molecule has 2 heterocycles. The van der Waals surface area contributed by atoms with E-state index in [1.807, 2.05) is 0 Å². The van der Waals surface area contributed by atoms with Crippen molar-refractivity contribution >= 4 is 81.2 Å². The van der Waals surface area contributed by atoms with E-state index in [0.717, 1.165) is 12.1 Å². The summed E-state index contributed by atoms with van der Waals surface area (Å²) in [7, 11) is -13.0. The van der Waals surface area contributed by atoms with Gasteiger partial charge in [0.05, 0.1) is 57.7 Å². The lowest BCUT2D eigenvalue weighted by molar-refractivity contribution is 0.317. The first-order valence-electron chi connectivity index (χ1n) is 18.5. The van der Waals surface area contributed by atoms with Gasteiger partial charge in [-0.2, -0.15) is 45.9 Å². The van der Waals surface area contributed by atoms with Crippen LogP contribution >= 0.6 is 0 Å². The van der Waals surface area contributed by atoms with Crippen molar-refractivity contribution in [1.29, 1.82) is 5.26 Å². The van der Waals surface area contributed by atoms with E-state index < -0.39 is 41.9 Å². The summed E-state index contributed by atoms with van der Waals surface area (Å²) in [6, 6.07) is 20.1. The van der Waals surface area contributed by atoms with Crippen molar-refractivity contribution < 1.29 is 53.5 Å². The number of fused-ring (bicyclic) bond motifs is 3. The van der Waals surface area contributed by atoms with Gasteiger partial charge in [-0.3, -0.25) is 18.1 Å². The molecule has 6 rings (SSSR count). The van der Waals surface area contributed by atoms with Crippen LogP contribution in [0.25, 0.3) is 16.7 Å². The summed E-state index contributed by atoms with van der Waals surface area (Å²) in [6.45, 7) is 4.59. The number of benzene rings is 4. The quantitative estimate of drug-likeness (QED) is 0.0377. The first-order chi connectivity index (χ1) is 29.7. The molecule has 0 fully saturated rings. The molecule has 21 nitrogen and oxygen atoms in total. The fourth-order valence-electron chi connectivity index (χ4n) is 6.00. The third kappa shape index (κ3) is 11.4. The fraction of sp³-hybridized carbons (Fsp3) is 0.231. The van der Waals surface area contributed by atoms with Crippen LogP contribution in [0, 0.1) is 32.1 Å². The van der Waals surface area contributed by atoms with Gasteiger partial charge < -0.3 is 14.6 Å². The maximum atomic E-state index is 11.4. The third-order valence-electron chi connectivity index (χ3n) is 9.14. The molecule has 4 aromatic carbocycles. The van der Waals surface area contributed by atoms with Crippen LogP contribution in [0.15, 0.2) is 108 Å². The highest BCUT2D eigenvalue weighted by Crippen LogP contribution is 2.42. The Morgan fingerprint density at radius 2 is 1.19 bits per heavy atom. The Bertz CT molecular complexity index is 3220. The molecule has 0 unspecified atom stereocenters. The Kier molecular flexibility index (Phi) is 13.6. The number of nitriles is 1. The van der Waals surface area contributed by atoms with E-state index in [1.165, 1.54) is 28.7 Å². The van der Waals surface area contributed by atoms with Crippen LogP contribution in [0.1, 0.15) is 35.1 Å². The van der Waals surface area contributed by atoms with Crippen LogP contribution in [0.2, 0.25) is 0 Å². The van der Waals surface area contributed by atoms with Gasteiger partial charge in [0.1, 0.15) is 34.5 Å². The molecule has 0 amide bonds. The minimum Gasteiger partial charge on any atom is -0.493 e. The van der Waals surface area contributed by atoms with E-state index >= 15 is 0 Å². The molecule has 328 valence electrons. The molecule has 0 saturated carbocycles. The lowest BCUT2D eigenvalue weighted by atomic mass is 10.1. The molecule has 0 radical (unpaired) electrons. The molecule has 6 aromatic rings. The van der Waals surface area contributed by atoms with Crippen LogP contribution in [0.3, 0.4) is 0 Å². The second-order valence-electron chi connectivity index (χ2n) is 13.8. The monoisotopic (exact) mass is 919 g/mol. The molecular formula is C39H37N9O12S3. The number of nitrogens with zero attached hydrogens (tertiary/aromatic N) is 9. The Morgan fingerprint density at radius 1 is 0.683 bits per heavy atom. The van der Waals surface area contributed by atoms with Crippen molar-refractivity contribution in [2.75, 3.05) is 24.7 Å². The van der Waals surface area contributed by atoms with Gasteiger partial charge in [0, 0.05) is 17.7 Å². The summed E-state index contributed by atoms with van der Waals surface area (Å²) in [6.07, 6.45) is -0.192. The molecule has 4 N–H and O–H groups in total. The number of hydrogen-bond donors (Lipinski definition) is 4. The van der Waals surface area contributed by atoms with E-state index in [2.05, 4.69) is 41.7 Å². The molecule has 0 aliphatic rings. The van der Waals surface area contributed by atoms with Gasteiger partial charge >= 0.3 is 0 Å². The van der Waals surface area contributed by atoms with Crippen molar-refractivity contribution in [1.82, 2.24) is 9.38 Å². The number of azo groups is 3. The highest BCUT2D eigenvalue weighted by Gasteiger charge is 2.21. The second kappa shape index (κ2) is 18.7. The normalized spacial score (nSPS) is 12.6. The van der Waals surface area contributed by atoms with Gasteiger partial charge in [-0.15, -0.1) is 15.3 Å². The highest BCUT2D eigenvalue weighted by molar-refractivity contribution is 7.86. The van der Waals surface area contributed by atoms with Gasteiger partial charge in [0.2, 0.25) is 5.88 Å². The van der Waals surface area contributed by atoms with Gasteiger partial charge in [0.25, 0.3) is 30.4 Å². The molecule has 0 bridgehead atoms. The zero-order valence-corrected chi connectivity index (χ0v) is 35.9. The Balaban J connectivity index is 1.37. The van der Waals surface area contributed by atoms with Crippen molar-refractivity contribution in [2.45, 2.75) is 38.5 Å². The summed E-state index contributed by atoms with van der Waals surface area (Å²) in [5.41, 5.74) is 3.80. The van der Waals surface area contributed by atoms with Crippen molar-refractivity contribution in [3.05, 3.63) is 95.1 Å². The molecule has 0 aliphatic carbocycles. The standard InChI is InChI=1S/C39H37N9O12S3/c1-23-18-32(35(59-14-6-16-61(50,51)52)20-30(23)43-42-26-10-12-27(13-11-26)63(56,57)58)45-44-31-21-36(60-15-7-17-62(53,54)55)33(19-24(31)2)46-47-37-25(3)28(22-40)38-41-29-8-4-5-9-34(29)48(38)39(37)49/h4-5,8-13,18-21,49H,6-7,14-17H2,1-3H3,(H,50,51,52)(H,53,54,55)(H,56,57,58). The average molecular weight is 920 g/mol.